The van der Waals surface area contributed by atoms with Crippen LogP contribution in [0.15, 0.2) is 53.4 Å². The summed E-state index contributed by atoms with van der Waals surface area (Å²) in [4.78, 5) is 15.9. The van der Waals surface area contributed by atoms with Crippen molar-refractivity contribution in [2.45, 2.75) is 11.0 Å². The summed E-state index contributed by atoms with van der Waals surface area (Å²) in [6.07, 6.45) is -0.215. The quantitative estimate of drug-likeness (QED) is 0.392. The predicted octanol–water partition coefficient (Wildman–Crippen LogP) is 2.13. The average Bonchev–Trinajstić information content (AvgIpc) is 3.46. The maximum absolute atomic E-state index is 13.0. The molecule has 0 bridgehead atoms. The van der Waals surface area contributed by atoms with Gasteiger partial charge in [-0.1, -0.05) is 18.2 Å². The number of nitro benzene ring substituents is 1. The summed E-state index contributed by atoms with van der Waals surface area (Å²) in [5.41, 5.74) is -0.383. The summed E-state index contributed by atoms with van der Waals surface area (Å²) in [6, 6.07) is 11.3. The fourth-order valence-electron chi connectivity index (χ4n) is 2.21. The average molecular weight is 380 g/mol. The van der Waals surface area contributed by atoms with Crippen LogP contribution in [0.5, 0.6) is 5.75 Å². The van der Waals surface area contributed by atoms with Gasteiger partial charge in [0.1, 0.15) is 24.1 Å². The lowest BCUT2D eigenvalue weighted by molar-refractivity contribution is -0.384. The number of hydrogen-bond donors (Lipinski definition) is 0. The normalized spacial score (nSPS) is 16.1. The minimum atomic E-state index is -4.14. The van der Waals surface area contributed by atoms with E-state index >= 15 is 0 Å². The summed E-state index contributed by atoms with van der Waals surface area (Å²) in [7, 11) is -2.81. The second-order valence-electron chi connectivity index (χ2n) is 5.41. The Kier molecular flexibility index (Phi) is 5.07. The lowest BCUT2D eigenvalue weighted by Crippen LogP contribution is -2.33. The molecule has 0 spiro atoms. The molecule has 0 saturated carbocycles. The van der Waals surface area contributed by atoms with E-state index in [9.17, 15) is 18.5 Å². The Morgan fingerprint density at radius 2 is 1.96 bits per heavy atom. The summed E-state index contributed by atoms with van der Waals surface area (Å²) >= 11 is 0. The number of ether oxygens (including phenoxy) is 2. The molecule has 1 saturated heterocycles. The zero-order valence-electron chi connectivity index (χ0n) is 13.8. The lowest BCUT2D eigenvalue weighted by atomic mass is 10.2. The van der Waals surface area contributed by atoms with E-state index in [4.69, 9.17) is 14.3 Å². The van der Waals surface area contributed by atoms with Crippen molar-refractivity contribution in [3.05, 3.63) is 58.6 Å². The zero-order valence-corrected chi connectivity index (χ0v) is 14.6. The van der Waals surface area contributed by atoms with E-state index in [0.717, 1.165) is 6.07 Å². The molecule has 138 valence electrons. The van der Waals surface area contributed by atoms with Gasteiger partial charge in [-0.2, -0.15) is 8.42 Å². The molecule has 2 aromatic carbocycles. The van der Waals surface area contributed by atoms with Crippen molar-refractivity contribution < 1.29 is 27.7 Å². The number of hydrogen-bond acceptors (Lipinski definition) is 7. The van der Waals surface area contributed by atoms with E-state index in [1.54, 1.807) is 18.2 Å². The number of nitro groups is 1. The third kappa shape index (κ3) is 3.77. The molecule has 10 heteroatoms. The maximum Gasteiger partial charge on any atom is 0.286 e. The number of nitrogens with zero attached hydrogens (tertiary/aromatic N) is 2. The van der Waals surface area contributed by atoms with Crippen LogP contribution in [0.25, 0.3) is 0 Å². The number of methoxy groups -OCH3 is 1. The third-order valence-corrected chi connectivity index (χ3v) is 5.22. The summed E-state index contributed by atoms with van der Waals surface area (Å²) in [5, 5.41) is 11.1. The molecule has 0 N–H and O–H groups in total. The molecule has 0 aromatic heterocycles. The van der Waals surface area contributed by atoms with Crippen LogP contribution in [0.3, 0.4) is 0 Å². The molecule has 1 atom stereocenters. The first-order chi connectivity index (χ1) is 12.4. The van der Waals surface area contributed by atoms with E-state index in [1.165, 1.54) is 31.4 Å². The molecule has 1 aliphatic rings. The van der Waals surface area contributed by atoms with Crippen molar-refractivity contribution in [2.24, 2.45) is 0 Å². The van der Waals surface area contributed by atoms with Crippen molar-refractivity contribution in [3.8, 4) is 5.75 Å². The number of anilines is 1. The van der Waals surface area contributed by atoms with Gasteiger partial charge in [0.05, 0.1) is 23.5 Å². The standard InChI is InChI=1S/C16H16N2O7S/c1-23-16-8-7-12(17(19)20)9-15(16)18(25-11-13-10-24-13)26(21,22)14-5-3-2-4-6-14/h2-9,13H,10-11H2,1H3. The van der Waals surface area contributed by atoms with Gasteiger partial charge in [0.2, 0.25) is 0 Å². The molecule has 0 aliphatic carbocycles. The van der Waals surface area contributed by atoms with Crippen molar-refractivity contribution in [1.82, 2.24) is 0 Å². The van der Waals surface area contributed by atoms with Crippen LogP contribution in [-0.4, -0.2) is 39.8 Å². The molecule has 1 fully saturated rings. The van der Waals surface area contributed by atoms with E-state index < -0.39 is 14.9 Å². The highest BCUT2D eigenvalue weighted by Gasteiger charge is 2.33. The second-order valence-corrected chi connectivity index (χ2v) is 7.16. The summed E-state index contributed by atoms with van der Waals surface area (Å²) in [6.45, 7) is 0.448. The van der Waals surface area contributed by atoms with Crippen LogP contribution < -0.4 is 9.21 Å². The van der Waals surface area contributed by atoms with E-state index in [0.29, 0.717) is 11.1 Å². The van der Waals surface area contributed by atoms with Gasteiger partial charge in [-0.15, -0.1) is 4.47 Å². The fourth-order valence-corrected chi connectivity index (χ4v) is 3.50. The molecule has 1 aliphatic heterocycles. The summed E-state index contributed by atoms with van der Waals surface area (Å²) in [5.74, 6) is 0.117. The van der Waals surface area contributed by atoms with Gasteiger partial charge in [-0.05, 0) is 18.2 Å². The minimum absolute atomic E-state index is 0.0160. The van der Waals surface area contributed by atoms with Gasteiger partial charge in [-0.25, -0.2) is 0 Å². The SMILES string of the molecule is COc1ccc([N+](=O)[O-])cc1N(OCC1CO1)S(=O)(=O)c1ccccc1. The highest BCUT2D eigenvalue weighted by molar-refractivity contribution is 7.92. The Bertz CT molecular complexity index is 898. The van der Waals surface area contributed by atoms with Crippen LogP contribution in [0.4, 0.5) is 11.4 Å². The topological polar surface area (TPSA) is 112 Å². The number of epoxide rings is 1. The Morgan fingerprint density at radius 1 is 1.27 bits per heavy atom. The molecule has 9 nitrogen and oxygen atoms in total. The van der Waals surface area contributed by atoms with Crippen LogP contribution >= 0.6 is 0 Å². The molecule has 26 heavy (non-hydrogen) atoms. The molecule has 0 radical (unpaired) electrons. The number of rotatable bonds is 8. The van der Waals surface area contributed by atoms with Crippen LogP contribution in [0, 0.1) is 10.1 Å². The Morgan fingerprint density at radius 3 is 2.54 bits per heavy atom. The first-order valence-electron chi connectivity index (χ1n) is 7.61. The largest absolute Gasteiger partial charge is 0.494 e. The predicted molar refractivity (Wildman–Crippen MR) is 91.4 cm³/mol. The van der Waals surface area contributed by atoms with Crippen LogP contribution in [0.2, 0.25) is 0 Å². The molecule has 2 aromatic rings. The summed E-state index contributed by atoms with van der Waals surface area (Å²) < 4.78 is 37.0. The van der Waals surface area contributed by atoms with E-state index in [-0.39, 0.29) is 34.7 Å². The van der Waals surface area contributed by atoms with Crippen molar-refractivity contribution >= 4 is 21.4 Å². The number of sulfonamides is 1. The van der Waals surface area contributed by atoms with E-state index in [2.05, 4.69) is 0 Å². The Balaban J connectivity index is 2.09. The minimum Gasteiger partial charge on any atom is -0.494 e. The molecule has 3 rings (SSSR count). The molecular weight excluding hydrogens is 364 g/mol. The Hall–Kier alpha value is -2.69. The lowest BCUT2D eigenvalue weighted by Gasteiger charge is -2.24. The monoisotopic (exact) mass is 380 g/mol. The van der Waals surface area contributed by atoms with Crippen molar-refractivity contribution in [1.29, 1.82) is 0 Å². The highest BCUT2D eigenvalue weighted by atomic mass is 32.2. The Labute approximate surface area is 149 Å². The first-order valence-corrected chi connectivity index (χ1v) is 9.05. The van der Waals surface area contributed by atoms with Crippen molar-refractivity contribution in [2.75, 3.05) is 24.8 Å². The molecular formula is C16H16N2O7S. The van der Waals surface area contributed by atoms with Crippen LogP contribution in [0.1, 0.15) is 0 Å². The number of benzene rings is 2. The zero-order chi connectivity index (χ0) is 18.7. The smallest absolute Gasteiger partial charge is 0.286 e. The van der Waals surface area contributed by atoms with Gasteiger partial charge in [0.15, 0.2) is 0 Å². The van der Waals surface area contributed by atoms with Gasteiger partial charge in [0.25, 0.3) is 15.7 Å². The van der Waals surface area contributed by atoms with Gasteiger partial charge < -0.3 is 9.47 Å². The van der Waals surface area contributed by atoms with E-state index in [1.807, 2.05) is 0 Å². The second kappa shape index (κ2) is 7.28. The maximum atomic E-state index is 13.0. The van der Waals surface area contributed by atoms with Gasteiger partial charge in [0, 0.05) is 12.1 Å². The highest BCUT2D eigenvalue weighted by Crippen LogP contribution is 2.36. The number of non-ortho nitro benzene ring substituents is 1. The third-order valence-electron chi connectivity index (χ3n) is 3.61. The first kappa shape index (κ1) is 18.1. The fraction of sp³-hybridized carbons (Fsp3) is 0.250. The van der Waals surface area contributed by atoms with Gasteiger partial charge in [-0.3, -0.25) is 15.0 Å². The molecule has 1 unspecified atom stereocenters. The molecule has 1 heterocycles. The molecule has 0 amide bonds. The van der Waals surface area contributed by atoms with Crippen LogP contribution in [-0.2, 0) is 19.6 Å². The van der Waals surface area contributed by atoms with Gasteiger partial charge >= 0.3 is 0 Å². The van der Waals surface area contributed by atoms with Crippen molar-refractivity contribution in [3.63, 3.8) is 0 Å².